The van der Waals surface area contributed by atoms with Crippen LogP contribution < -0.4 is 16.2 Å². The minimum absolute atomic E-state index is 0.0189. The minimum Gasteiger partial charge on any atom is -0.508 e. The first kappa shape index (κ1) is 24.3. The number of aromatic nitrogens is 4. The van der Waals surface area contributed by atoms with Crippen LogP contribution in [0.4, 0.5) is 21.7 Å². The molecular weight excluding hydrogens is 485 g/mol. The average molecular weight is 508 g/mol. The van der Waals surface area contributed by atoms with E-state index in [0.29, 0.717) is 16.9 Å². The highest BCUT2D eigenvalue weighted by Crippen LogP contribution is 2.26. The van der Waals surface area contributed by atoms with Crippen LogP contribution in [0.3, 0.4) is 0 Å². The fourth-order valence-corrected chi connectivity index (χ4v) is 3.73. The van der Waals surface area contributed by atoms with E-state index in [0.717, 1.165) is 23.0 Å². The standard InChI is InChI=1S/C28H22FN7O2/c1-17-23(6-3-13-30-17)26-24(29)16-32-28(34-26)36-35-27(38)25-12-11-21(15-31-25)33-20-9-7-18(8-10-20)19-4-2-5-22(37)14-19/h2-16,33,37H,1H3,(H,35,38)(H,32,34,36). The van der Waals surface area contributed by atoms with Crippen molar-refractivity contribution >= 4 is 23.2 Å². The Hall–Kier alpha value is -5.38. The molecule has 3 aromatic heterocycles. The topological polar surface area (TPSA) is 125 Å². The summed E-state index contributed by atoms with van der Waals surface area (Å²) in [4.78, 5) is 28.9. The fourth-order valence-electron chi connectivity index (χ4n) is 3.73. The van der Waals surface area contributed by atoms with Crippen molar-refractivity contribution in [3.8, 4) is 28.1 Å². The van der Waals surface area contributed by atoms with Gasteiger partial charge in [-0.05, 0) is 66.6 Å². The van der Waals surface area contributed by atoms with Gasteiger partial charge >= 0.3 is 0 Å². The molecule has 38 heavy (non-hydrogen) atoms. The number of halogens is 1. The van der Waals surface area contributed by atoms with Crippen LogP contribution in [0, 0.1) is 12.7 Å². The van der Waals surface area contributed by atoms with Crippen molar-refractivity contribution in [3.05, 3.63) is 109 Å². The van der Waals surface area contributed by atoms with Gasteiger partial charge in [-0.1, -0.05) is 24.3 Å². The Morgan fingerprint density at radius 3 is 2.42 bits per heavy atom. The SMILES string of the molecule is Cc1ncccc1-c1nc(NNC(=O)c2ccc(Nc3ccc(-c4cccc(O)c4)cc3)cn2)ncc1F. The zero-order valence-electron chi connectivity index (χ0n) is 20.2. The van der Waals surface area contributed by atoms with Crippen LogP contribution in [0.2, 0.25) is 0 Å². The van der Waals surface area contributed by atoms with Crippen molar-refractivity contribution < 1.29 is 14.3 Å². The number of benzene rings is 2. The molecule has 5 aromatic rings. The number of phenols is 1. The van der Waals surface area contributed by atoms with E-state index in [1.807, 2.05) is 30.3 Å². The molecule has 0 spiro atoms. The maximum atomic E-state index is 14.3. The van der Waals surface area contributed by atoms with Crippen LogP contribution in [-0.2, 0) is 0 Å². The maximum Gasteiger partial charge on any atom is 0.288 e. The first-order chi connectivity index (χ1) is 18.5. The van der Waals surface area contributed by atoms with Gasteiger partial charge in [-0.3, -0.25) is 20.6 Å². The number of hydrazine groups is 1. The van der Waals surface area contributed by atoms with Gasteiger partial charge in [0, 0.05) is 23.1 Å². The number of aromatic hydroxyl groups is 1. The zero-order chi connectivity index (χ0) is 26.5. The molecule has 1 amide bonds. The summed E-state index contributed by atoms with van der Waals surface area (Å²) in [7, 11) is 0. The summed E-state index contributed by atoms with van der Waals surface area (Å²) in [6.45, 7) is 1.75. The Labute approximate surface area is 217 Å². The van der Waals surface area contributed by atoms with Crippen molar-refractivity contribution in [3.63, 3.8) is 0 Å². The lowest BCUT2D eigenvalue weighted by molar-refractivity contribution is 0.0957. The smallest absolute Gasteiger partial charge is 0.288 e. The first-order valence-corrected chi connectivity index (χ1v) is 11.6. The van der Waals surface area contributed by atoms with E-state index in [1.165, 1.54) is 6.20 Å². The number of phenolic OH excluding ortho intramolecular Hbond substituents is 1. The van der Waals surface area contributed by atoms with Crippen LogP contribution in [-0.4, -0.2) is 30.9 Å². The van der Waals surface area contributed by atoms with Gasteiger partial charge in [0.25, 0.3) is 5.91 Å². The summed E-state index contributed by atoms with van der Waals surface area (Å²) in [6.07, 6.45) is 4.17. The molecule has 0 aliphatic heterocycles. The molecule has 0 aliphatic rings. The Morgan fingerprint density at radius 2 is 1.68 bits per heavy atom. The second kappa shape index (κ2) is 10.7. The third-order valence-corrected chi connectivity index (χ3v) is 5.64. The molecule has 0 radical (unpaired) electrons. The third-order valence-electron chi connectivity index (χ3n) is 5.64. The summed E-state index contributed by atoms with van der Waals surface area (Å²) >= 11 is 0. The quantitative estimate of drug-likeness (QED) is 0.220. The molecule has 0 atom stereocenters. The number of nitrogens with one attached hydrogen (secondary N) is 3. The fraction of sp³-hybridized carbons (Fsp3) is 0.0357. The number of hydrogen-bond donors (Lipinski definition) is 4. The Kier molecular flexibility index (Phi) is 6.85. The van der Waals surface area contributed by atoms with Crippen molar-refractivity contribution in [2.24, 2.45) is 0 Å². The summed E-state index contributed by atoms with van der Waals surface area (Å²) in [5.41, 5.74) is 9.86. The number of hydrogen-bond acceptors (Lipinski definition) is 8. The summed E-state index contributed by atoms with van der Waals surface area (Å²) in [6, 6.07) is 21.4. The lowest BCUT2D eigenvalue weighted by atomic mass is 10.1. The Morgan fingerprint density at radius 1 is 0.868 bits per heavy atom. The average Bonchev–Trinajstić information content (AvgIpc) is 2.94. The van der Waals surface area contributed by atoms with E-state index in [-0.39, 0.29) is 23.1 Å². The zero-order valence-corrected chi connectivity index (χ0v) is 20.2. The highest BCUT2D eigenvalue weighted by Gasteiger charge is 2.13. The van der Waals surface area contributed by atoms with Gasteiger partial charge in [0.15, 0.2) is 5.82 Å². The Bertz CT molecular complexity index is 1590. The molecule has 10 heteroatoms. The van der Waals surface area contributed by atoms with Gasteiger partial charge in [-0.2, -0.15) is 0 Å². The highest BCUT2D eigenvalue weighted by molar-refractivity contribution is 5.93. The van der Waals surface area contributed by atoms with Gasteiger partial charge in [0.1, 0.15) is 17.1 Å². The number of carbonyl (C=O) groups excluding carboxylic acids is 1. The van der Waals surface area contributed by atoms with E-state index in [9.17, 15) is 14.3 Å². The van der Waals surface area contributed by atoms with E-state index in [1.54, 1.807) is 55.6 Å². The van der Waals surface area contributed by atoms with Gasteiger partial charge < -0.3 is 10.4 Å². The molecule has 9 nitrogen and oxygen atoms in total. The number of rotatable bonds is 7. The molecule has 188 valence electrons. The van der Waals surface area contributed by atoms with Crippen LogP contribution in [0.15, 0.2) is 91.4 Å². The summed E-state index contributed by atoms with van der Waals surface area (Å²) < 4.78 is 14.3. The molecule has 0 unspecified atom stereocenters. The lowest BCUT2D eigenvalue weighted by Crippen LogP contribution is -2.31. The first-order valence-electron chi connectivity index (χ1n) is 11.6. The largest absolute Gasteiger partial charge is 0.508 e. The van der Waals surface area contributed by atoms with Gasteiger partial charge in [0.2, 0.25) is 5.95 Å². The van der Waals surface area contributed by atoms with E-state index in [2.05, 4.69) is 36.1 Å². The molecular formula is C28H22FN7O2. The molecule has 2 aromatic carbocycles. The lowest BCUT2D eigenvalue weighted by Gasteiger charge is -2.10. The van der Waals surface area contributed by atoms with Crippen LogP contribution >= 0.6 is 0 Å². The molecule has 0 bridgehead atoms. The number of carbonyl (C=O) groups is 1. The molecule has 0 aliphatic carbocycles. The van der Waals surface area contributed by atoms with Crippen LogP contribution in [0.25, 0.3) is 22.4 Å². The van der Waals surface area contributed by atoms with Crippen LogP contribution in [0.5, 0.6) is 5.75 Å². The number of nitrogens with zero attached hydrogens (tertiary/aromatic N) is 4. The summed E-state index contributed by atoms with van der Waals surface area (Å²) in [5, 5.41) is 12.9. The second-order valence-electron chi connectivity index (χ2n) is 8.29. The van der Waals surface area contributed by atoms with Crippen molar-refractivity contribution in [1.82, 2.24) is 25.4 Å². The molecule has 4 N–H and O–H groups in total. The number of aryl methyl sites for hydroxylation is 1. The van der Waals surface area contributed by atoms with E-state index in [4.69, 9.17) is 0 Å². The van der Waals surface area contributed by atoms with Crippen LogP contribution in [0.1, 0.15) is 16.2 Å². The van der Waals surface area contributed by atoms with E-state index >= 15 is 0 Å². The highest BCUT2D eigenvalue weighted by atomic mass is 19.1. The van der Waals surface area contributed by atoms with Gasteiger partial charge in [-0.15, -0.1) is 0 Å². The molecule has 5 rings (SSSR count). The normalized spacial score (nSPS) is 10.6. The monoisotopic (exact) mass is 507 g/mol. The number of pyridine rings is 2. The maximum absolute atomic E-state index is 14.3. The minimum atomic E-state index is -0.600. The molecule has 3 heterocycles. The van der Waals surface area contributed by atoms with E-state index < -0.39 is 11.7 Å². The van der Waals surface area contributed by atoms with Gasteiger partial charge in [-0.25, -0.2) is 19.3 Å². The predicted molar refractivity (Wildman–Crippen MR) is 142 cm³/mol. The second-order valence-corrected chi connectivity index (χ2v) is 8.29. The molecule has 0 saturated heterocycles. The third kappa shape index (κ3) is 5.54. The van der Waals surface area contributed by atoms with Crippen molar-refractivity contribution in [1.29, 1.82) is 0 Å². The summed E-state index contributed by atoms with van der Waals surface area (Å²) in [5.74, 6) is -0.883. The molecule has 0 saturated carbocycles. The predicted octanol–water partition coefficient (Wildman–Crippen LogP) is 5.25. The molecule has 0 fully saturated rings. The number of anilines is 3. The van der Waals surface area contributed by atoms with Gasteiger partial charge in [0.05, 0.1) is 18.1 Å². The Balaban J connectivity index is 1.20. The van der Waals surface area contributed by atoms with Crippen molar-refractivity contribution in [2.75, 3.05) is 10.7 Å². The number of amides is 1. The van der Waals surface area contributed by atoms with Crippen molar-refractivity contribution in [2.45, 2.75) is 6.92 Å².